The second kappa shape index (κ2) is 11.3. The highest BCUT2D eigenvalue weighted by Crippen LogP contribution is 2.35. The Hall–Kier alpha value is -3.92. The fourth-order valence-electron chi connectivity index (χ4n) is 5.26. The van der Waals surface area contributed by atoms with Gasteiger partial charge in [-0.3, -0.25) is 4.79 Å². The van der Waals surface area contributed by atoms with E-state index in [1.54, 1.807) is 31.0 Å². The van der Waals surface area contributed by atoms with Crippen LogP contribution >= 0.6 is 0 Å². The topological polar surface area (TPSA) is 112 Å². The van der Waals surface area contributed by atoms with E-state index in [1.165, 1.54) is 5.56 Å². The maximum absolute atomic E-state index is 13.8. The first-order valence-corrected chi connectivity index (χ1v) is 15.2. The number of carbonyl (C=O) groups is 1. The van der Waals surface area contributed by atoms with Crippen molar-refractivity contribution in [1.82, 2.24) is 20.1 Å². The molecule has 210 valence electrons. The minimum atomic E-state index is -3.15. The molecule has 2 atom stereocenters. The van der Waals surface area contributed by atoms with Crippen molar-refractivity contribution in [2.45, 2.75) is 45.2 Å². The maximum atomic E-state index is 13.8. The molecule has 1 N–H and O–H groups in total. The molecule has 0 radical (unpaired) electrons. The fourth-order valence-corrected chi connectivity index (χ4v) is 6.95. The number of aromatic nitrogens is 3. The number of nitrogens with one attached hydrogen (secondary N) is 1. The summed E-state index contributed by atoms with van der Waals surface area (Å²) in [7, 11) is -0.0198. The van der Waals surface area contributed by atoms with E-state index < -0.39 is 9.84 Å². The summed E-state index contributed by atoms with van der Waals surface area (Å²) in [6.07, 6.45) is 2.08. The van der Waals surface area contributed by atoms with E-state index >= 15 is 0 Å². The minimum Gasteiger partial charge on any atom is -0.493 e. The minimum absolute atomic E-state index is 0.00351. The van der Waals surface area contributed by atoms with Crippen LogP contribution in [0.2, 0.25) is 0 Å². The molecular formula is C30H34N4O5S. The SMILES string of the molecule is COc1ccc(-c2cc(C(=O)NC(C)CCc3ccccc3)c3c(C)nn(C4CCS(=O)(=O)C4)c3n2)cc1OC. The van der Waals surface area contributed by atoms with E-state index in [9.17, 15) is 13.2 Å². The molecule has 1 fully saturated rings. The third-order valence-corrected chi connectivity index (χ3v) is 9.15. The number of aryl methyl sites for hydroxylation is 2. The molecule has 0 aliphatic carbocycles. The van der Waals surface area contributed by atoms with Gasteiger partial charge < -0.3 is 14.8 Å². The third kappa shape index (κ3) is 5.67. The van der Waals surface area contributed by atoms with E-state index in [1.807, 2.05) is 44.2 Å². The van der Waals surface area contributed by atoms with Gasteiger partial charge in [-0.2, -0.15) is 5.10 Å². The van der Waals surface area contributed by atoms with Gasteiger partial charge >= 0.3 is 0 Å². The summed E-state index contributed by atoms with van der Waals surface area (Å²) in [5.41, 5.74) is 4.08. The molecule has 0 saturated carbocycles. The first kappa shape index (κ1) is 27.6. The van der Waals surface area contributed by atoms with Crippen LogP contribution in [0.5, 0.6) is 11.5 Å². The molecule has 1 saturated heterocycles. The Bertz CT molecular complexity index is 1650. The molecule has 1 aliphatic heterocycles. The van der Waals surface area contributed by atoms with Gasteiger partial charge in [0.1, 0.15) is 0 Å². The zero-order valence-corrected chi connectivity index (χ0v) is 24.0. The highest BCUT2D eigenvalue weighted by atomic mass is 32.2. The standard InChI is InChI=1S/C30H34N4O5S/c1-19(10-11-21-8-6-5-7-9-21)31-30(35)24-17-25(22-12-13-26(38-3)27(16-22)39-4)32-29-28(24)20(2)33-34(29)23-14-15-40(36,37)18-23/h5-9,12-13,16-17,19,23H,10-11,14-15,18H2,1-4H3,(H,31,35). The number of sulfone groups is 1. The van der Waals surface area contributed by atoms with Crippen molar-refractivity contribution >= 4 is 26.8 Å². The molecule has 10 heteroatoms. The zero-order valence-electron chi connectivity index (χ0n) is 23.2. The second-order valence-electron chi connectivity index (χ2n) is 10.3. The Balaban J connectivity index is 1.55. The lowest BCUT2D eigenvalue weighted by molar-refractivity contribution is 0.0940. The van der Waals surface area contributed by atoms with Gasteiger partial charge in [-0.25, -0.2) is 18.1 Å². The van der Waals surface area contributed by atoms with Crippen LogP contribution in [0.1, 0.15) is 47.4 Å². The van der Waals surface area contributed by atoms with E-state index in [2.05, 4.69) is 17.4 Å². The molecule has 0 spiro atoms. The summed E-state index contributed by atoms with van der Waals surface area (Å²) in [6, 6.07) is 17.0. The maximum Gasteiger partial charge on any atom is 0.252 e. The Morgan fingerprint density at radius 2 is 1.85 bits per heavy atom. The Labute approximate surface area is 234 Å². The first-order chi connectivity index (χ1) is 19.2. The number of carbonyl (C=O) groups excluding carboxylic acids is 1. The Morgan fingerprint density at radius 3 is 2.52 bits per heavy atom. The predicted octanol–water partition coefficient (Wildman–Crippen LogP) is 4.53. The van der Waals surface area contributed by atoms with Crippen molar-refractivity contribution in [2.24, 2.45) is 0 Å². The van der Waals surface area contributed by atoms with Gasteiger partial charge in [0.05, 0.1) is 54.1 Å². The lowest BCUT2D eigenvalue weighted by atomic mass is 10.0. The third-order valence-electron chi connectivity index (χ3n) is 7.40. The van der Waals surface area contributed by atoms with E-state index in [0.717, 1.165) is 18.4 Å². The molecular weight excluding hydrogens is 528 g/mol. The molecule has 2 aromatic carbocycles. The first-order valence-electron chi connectivity index (χ1n) is 13.4. The lowest BCUT2D eigenvalue weighted by Crippen LogP contribution is -2.33. The van der Waals surface area contributed by atoms with Crippen molar-refractivity contribution in [3.8, 4) is 22.8 Å². The highest BCUT2D eigenvalue weighted by Gasteiger charge is 2.32. The largest absolute Gasteiger partial charge is 0.493 e. The quantitative estimate of drug-likeness (QED) is 0.319. The molecule has 4 aromatic rings. The van der Waals surface area contributed by atoms with Crippen LogP contribution in [0, 0.1) is 6.92 Å². The van der Waals surface area contributed by atoms with Crippen molar-refractivity contribution < 1.29 is 22.7 Å². The number of amides is 1. The van der Waals surface area contributed by atoms with Gasteiger partial charge in [0, 0.05) is 11.6 Å². The number of benzene rings is 2. The smallest absolute Gasteiger partial charge is 0.252 e. The van der Waals surface area contributed by atoms with E-state index in [4.69, 9.17) is 19.6 Å². The van der Waals surface area contributed by atoms with Gasteiger partial charge in [0.2, 0.25) is 0 Å². The van der Waals surface area contributed by atoms with Crippen molar-refractivity contribution in [3.05, 3.63) is 71.4 Å². The molecule has 2 aromatic heterocycles. The summed E-state index contributed by atoms with van der Waals surface area (Å²) < 4.78 is 37.1. The van der Waals surface area contributed by atoms with Gasteiger partial charge in [-0.1, -0.05) is 30.3 Å². The van der Waals surface area contributed by atoms with Crippen LogP contribution in [-0.4, -0.2) is 60.9 Å². The Morgan fingerprint density at radius 1 is 1.10 bits per heavy atom. The summed E-state index contributed by atoms with van der Waals surface area (Å²) >= 11 is 0. The van der Waals surface area contributed by atoms with Crippen molar-refractivity contribution in [2.75, 3.05) is 25.7 Å². The number of ether oxygens (including phenoxy) is 2. The van der Waals surface area contributed by atoms with E-state index in [-0.39, 0.29) is 29.5 Å². The average Bonchev–Trinajstić information content (AvgIpc) is 3.49. The highest BCUT2D eigenvalue weighted by molar-refractivity contribution is 7.91. The fraction of sp³-hybridized carbons (Fsp3) is 0.367. The van der Waals surface area contributed by atoms with Crippen LogP contribution in [0.15, 0.2) is 54.6 Å². The molecule has 1 aliphatic rings. The molecule has 5 rings (SSSR count). The number of nitrogens with zero attached hydrogens (tertiary/aromatic N) is 3. The summed E-state index contributed by atoms with van der Waals surface area (Å²) in [4.78, 5) is 18.7. The number of hydrogen-bond donors (Lipinski definition) is 1. The molecule has 1 amide bonds. The number of hydrogen-bond acceptors (Lipinski definition) is 7. The molecule has 2 unspecified atom stereocenters. The zero-order chi connectivity index (χ0) is 28.4. The van der Waals surface area contributed by atoms with Crippen LogP contribution in [0.4, 0.5) is 0 Å². The van der Waals surface area contributed by atoms with E-state index in [0.29, 0.717) is 45.9 Å². The lowest BCUT2D eigenvalue weighted by Gasteiger charge is -2.16. The van der Waals surface area contributed by atoms with Gasteiger partial charge in [-0.15, -0.1) is 0 Å². The summed E-state index contributed by atoms with van der Waals surface area (Å²) in [5.74, 6) is 1.00. The number of fused-ring (bicyclic) bond motifs is 1. The summed E-state index contributed by atoms with van der Waals surface area (Å²) in [5, 5.41) is 8.48. The molecule has 40 heavy (non-hydrogen) atoms. The van der Waals surface area contributed by atoms with Crippen molar-refractivity contribution in [3.63, 3.8) is 0 Å². The van der Waals surface area contributed by atoms with Gasteiger partial charge in [0.15, 0.2) is 27.0 Å². The summed E-state index contributed by atoms with van der Waals surface area (Å²) in [6.45, 7) is 3.82. The normalized spacial score (nSPS) is 17.1. The van der Waals surface area contributed by atoms with Gasteiger partial charge in [0.25, 0.3) is 5.91 Å². The van der Waals surface area contributed by atoms with Crippen LogP contribution in [0.3, 0.4) is 0 Å². The Kier molecular flexibility index (Phi) is 7.80. The van der Waals surface area contributed by atoms with Crippen LogP contribution < -0.4 is 14.8 Å². The predicted molar refractivity (Wildman–Crippen MR) is 155 cm³/mol. The molecule has 0 bridgehead atoms. The number of pyridine rings is 1. The second-order valence-corrected chi connectivity index (χ2v) is 12.5. The number of rotatable bonds is 9. The molecule has 3 heterocycles. The van der Waals surface area contributed by atoms with Crippen molar-refractivity contribution in [1.29, 1.82) is 0 Å². The monoisotopic (exact) mass is 562 g/mol. The number of methoxy groups -OCH3 is 2. The molecule has 9 nitrogen and oxygen atoms in total. The van der Waals surface area contributed by atoms with Gasteiger partial charge in [-0.05, 0) is 62.9 Å². The average molecular weight is 563 g/mol. The van der Waals surface area contributed by atoms with Crippen LogP contribution in [0.25, 0.3) is 22.3 Å². The van der Waals surface area contributed by atoms with Crippen LogP contribution in [-0.2, 0) is 16.3 Å².